The van der Waals surface area contributed by atoms with E-state index in [1.54, 1.807) is 24.3 Å². The molecule has 1 N–H and O–H groups in total. The van der Waals surface area contributed by atoms with Crippen LogP contribution in [-0.4, -0.2) is 23.1 Å². The van der Waals surface area contributed by atoms with Gasteiger partial charge in [-0.2, -0.15) is 0 Å². The molecule has 110 valence electrons. The highest BCUT2D eigenvalue weighted by Gasteiger charge is 2.42. The minimum Gasteiger partial charge on any atom is -0.481 e. The molecule has 1 saturated heterocycles. The van der Waals surface area contributed by atoms with Crippen molar-refractivity contribution < 1.29 is 23.8 Å². The molecule has 1 aromatic rings. The van der Waals surface area contributed by atoms with Gasteiger partial charge in [-0.05, 0) is 30.5 Å². The van der Waals surface area contributed by atoms with E-state index in [0.717, 1.165) is 5.56 Å². The minimum atomic E-state index is -1.11. The van der Waals surface area contributed by atoms with Crippen LogP contribution in [0.4, 0.5) is 4.39 Å². The summed E-state index contributed by atoms with van der Waals surface area (Å²) in [5, 5.41) is 9.08. The molecule has 1 heterocycles. The van der Waals surface area contributed by atoms with Gasteiger partial charge in [-0.25, -0.2) is 9.18 Å². The van der Waals surface area contributed by atoms with Crippen LogP contribution in [0.3, 0.4) is 0 Å². The maximum absolute atomic E-state index is 13.0. The minimum absolute atomic E-state index is 0.0124. The number of esters is 1. The third-order valence-electron chi connectivity index (χ3n) is 3.31. The highest BCUT2D eigenvalue weighted by Crippen LogP contribution is 2.29. The van der Waals surface area contributed by atoms with Gasteiger partial charge in [0.25, 0.3) is 0 Å². The summed E-state index contributed by atoms with van der Waals surface area (Å²) in [6.45, 7) is 3.46. The fraction of sp³-hybridized carbons (Fsp3) is 0.250. The van der Waals surface area contributed by atoms with Crippen molar-refractivity contribution in [3.63, 3.8) is 0 Å². The van der Waals surface area contributed by atoms with E-state index >= 15 is 0 Å². The molecule has 0 aliphatic carbocycles. The van der Waals surface area contributed by atoms with E-state index in [1.165, 1.54) is 12.1 Å². The lowest BCUT2D eigenvalue weighted by Gasteiger charge is -2.12. The first-order valence-corrected chi connectivity index (χ1v) is 6.53. The zero-order valence-corrected chi connectivity index (χ0v) is 11.3. The van der Waals surface area contributed by atoms with Crippen molar-refractivity contribution >= 4 is 18.0 Å². The molecule has 2 rings (SSSR count). The summed E-state index contributed by atoms with van der Waals surface area (Å²) in [4.78, 5) is 22.5. The van der Waals surface area contributed by atoms with Gasteiger partial charge in [-0.3, -0.25) is 4.79 Å². The maximum atomic E-state index is 13.0. The lowest BCUT2D eigenvalue weighted by Crippen LogP contribution is -2.24. The summed E-state index contributed by atoms with van der Waals surface area (Å²) < 4.78 is 18.0. The lowest BCUT2D eigenvalue weighted by atomic mass is 9.94. The van der Waals surface area contributed by atoms with E-state index < -0.39 is 24.0 Å². The zero-order chi connectivity index (χ0) is 15.4. The molecule has 2 atom stereocenters. The molecule has 4 nitrogen and oxygen atoms in total. The van der Waals surface area contributed by atoms with Crippen molar-refractivity contribution in [2.24, 2.45) is 5.92 Å². The first kappa shape index (κ1) is 15.0. The van der Waals surface area contributed by atoms with Gasteiger partial charge < -0.3 is 9.84 Å². The molecular weight excluding hydrogens is 275 g/mol. The third-order valence-corrected chi connectivity index (χ3v) is 3.31. The average molecular weight is 290 g/mol. The molecule has 0 spiro atoms. The molecular formula is C16H15FO4. The van der Waals surface area contributed by atoms with Crippen molar-refractivity contribution in [1.29, 1.82) is 0 Å². The van der Waals surface area contributed by atoms with Crippen LogP contribution in [0.5, 0.6) is 0 Å². The molecule has 2 unspecified atom stereocenters. The molecule has 0 aromatic heterocycles. The maximum Gasteiger partial charge on any atom is 0.334 e. The van der Waals surface area contributed by atoms with Gasteiger partial charge in [-0.15, -0.1) is 0 Å². The van der Waals surface area contributed by atoms with Gasteiger partial charge in [0.05, 0.1) is 0 Å². The second-order valence-corrected chi connectivity index (χ2v) is 4.82. The van der Waals surface area contributed by atoms with Crippen molar-refractivity contribution in [2.75, 3.05) is 0 Å². The number of allylic oxidation sites excluding steroid dienone is 1. The standard InChI is InChI=1S/C16H15FO4/c1-10-14(15(18)19)13(21-16(10)20)8-3-2-5-11-6-4-7-12(17)9-11/h2,4-7,9,13-14H,1,3,8H2,(H,18,19). The summed E-state index contributed by atoms with van der Waals surface area (Å²) in [5.74, 6) is -3.06. The predicted molar refractivity (Wildman–Crippen MR) is 74.8 cm³/mol. The number of cyclic esters (lactones) is 1. The Morgan fingerprint density at radius 1 is 1.48 bits per heavy atom. The Balaban J connectivity index is 1.92. The zero-order valence-electron chi connectivity index (χ0n) is 11.3. The van der Waals surface area contributed by atoms with Crippen LogP contribution in [0.15, 0.2) is 42.5 Å². The molecule has 0 bridgehead atoms. The summed E-state index contributed by atoms with van der Waals surface area (Å²) in [6.07, 6.45) is 3.74. The van der Waals surface area contributed by atoms with Gasteiger partial charge in [0.1, 0.15) is 17.8 Å². The van der Waals surface area contributed by atoms with Gasteiger partial charge in [0.2, 0.25) is 0 Å². The second kappa shape index (κ2) is 6.35. The van der Waals surface area contributed by atoms with Crippen molar-refractivity contribution in [3.8, 4) is 0 Å². The summed E-state index contributed by atoms with van der Waals surface area (Å²) >= 11 is 0. The number of ether oxygens (including phenoxy) is 1. The lowest BCUT2D eigenvalue weighted by molar-refractivity contribution is -0.144. The number of aliphatic carboxylic acids is 1. The number of hydrogen-bond acceptors (Lipinski definition) is 3. The first-order chi connectivity index (χ1) is 9.99. The number of carboxylic acids is 1. The largest absolute Gasteiger partial charge is 0.481 e. The quantitative estimate of drug-likeness (QED) is 0.669. The Hall–Kier alpha value is -2.43. The molecule has 0 amide bonds. The Labute approximate surface area is 121 Å². The normalized spacial score (nSPS) is 21.8. The van der Waals surface area contributed by atoms with Crippen LogP contribution in [0.1, 0.15) is 18.4 Å². The van der Waals surface area contributed by atoms with Crippen molar-refractivity contribution in [1.82, 2.24) is 0 Å². The molecule has 1 aromatic carbocycles. The molecule has 0 radical (unpaired) electrons. The van der Waals surface area contributed by atoms with E-state index in [0.29, 0.717) is 12.8 Å². The number of carboxylic acid groups (broad SMARTS) is 1. The molecule has 1 fully saturated rings. The van der Waals surface area contributed by atoms with Crippen LogP contribution in [-0.2, 0) is 14.3 Å². The van der Waals surface area contributed by atoms with Crippen LogP contribution in [0, 0.1) is 11.7 Å². The average Bonchev–Trinajstić information content (AvgIpc) is 2.70. The molecule has 0 saturated carbocycles. The second-order valence-electron chi connectivity index (χ2n) is 4.82. The molecule has 1 aliphatic heterocycles. The smallest absolute Gasteiger partial charge is 0.334 e. The van der Waals surface area contributed by atoms with Gasteiger partial charge in [-0.1, -0.05) is 30.9 Å². The number of hydrogen-bond donors (Lipinski definition) is 1. The Morgan fingerprint density at radius 2 is 2.24 bits per heavy atom. The number of carbonyl (C=O) groups excluding carboxylic acids is 1. The van der Waals surface area contributed by atoms with Crippen LogP contribution < -0.4 is 0 Å². The number of carbonyl (C=O) groups is 2. The predicted octanol–water partition coefficient (Wildman–Crippen LogP) is 2.80. The number of benzene rings is 1. The fourth-order valence-corrected chi connectivity index (χ4v) is 2.26. The summed E-state index contributed by atoms with van der Waals surface area (Å²) in [7, 11) is 0. The highest BCUT2D eigenvalue weighted by atomic mass is 19.1. The Morgan fingerprint density at radius 3 is 2.90 bits per heavy atom. The molecule has 1 aliphatic rings. The van der Waals surface area contributed by atoms with E-state index in [9.17, 15) is 14.0 Å². The van der Waals surface area contributed by atoms with Gasteiger partial charge in [0, 0.05) is 5.57 Å². The van der Waals surface area contributed by atoms with Crippen molar-refractivity contribution in [3.05, 3.63) is 53.9 Å². The monoisotopic (exact) mass is 290 g/mol. The van der Waals surface area contributed by atoms with E-state index in [1.807, 2.05) is 0 Å². The van der Waals surface area contributed by atoms with Crippen molar-refractivity contribution in [2.45, 2.75) is 18.9 Å². The van der Waals surface area contributed by atoms with E-state index in [4.69, 9.17) is 9.84 Å². The third kappa shape index (κ3) is 3.56. The van der Waals surface area contributed by atoms with Gasteiger partial charge in [0.15, 0.2) is 0 Å². The number of halogens is 1. The SMILES string of the molecule is C=C1C(=O)OC(CCC=Cc2cccc(F)c2)C1C(=O)O. The molecule has 21 heavy (non-hydrogen) atoms. The van der Waals surface area contributed by atoms with Crippen LogP contribution >= 0.6 is 0 Å². The topological polar surface area (TPSA) is 63.6 Å². The van der Waals surface area contributed by atoms with Crippen LogP contribution in [0.2, 0.25) is 0 Å². The van der Waals surface area contributed by atoms with E-state index in [-0.39, 0.29) is 11.4 Å². The van der Waals surface area contributed by atoms with Crippen LogP contribution in [0.25, 0.3) is 6.08 Å². The van der Waals surface area contributed by atoms with Gasteiger partial charge >= 0.3 is 11.9 Å². The summed E-state index contributed by atoms with van der Waals surface area (Å²) in [5.41, 5.74) is 0.708. The highest BCUT2D eigenvalue weighted by molar-refractivity contribution is 5.97. The fourth-order valence-electron chi connectivity index (χ4n) is 2.26. The molecule has 5 heteroatoms. The summed E-state index contributed by atoms with van der Waals surface area (Å²) in [6, 6.07) is 6.13. The first-order valence-electron chi connectivity index (χ1n) is 6.53. The Bertz CT molecular complexity index is 606. The van der Waals surface area contributed by atoms with E-state index in [2.05, 4.69) is 6.58 Å². The number of rotatable bonds is 5. The Kier molecular flexibility index (Phi) is 4.52.